The molecule has 0 aliphatic carbocycles. The Balaban J connectivity index is 3.36. The standard InChI is InChI=1S/C5H12NO/c1-3-5(2,7)4-6/h7H,1,3-4,6H2,2H3. The molecule has 2 nitrogen and oxygen atoms in total. The summed E-state index contributed by atoms with van der Waals surface area (Å²) >= 11 is 0. The number of aliphatic hydroxyl groups is 1. The number of hydrogen-bond donors (Lipinski definition) is 2. The fraction of sp³-hybridized carbons (Fsp3) is 0.800. The zero-order chi connectivity index (χ0) is 5.91. The van der Waals surface area contributed by atoms with E-state index < -0.39 is 5.60 Å². The van der Waals surface area contributed by atoms with E-state index in [2.05, 4.69) is 6.92 Å². The van der Waals surface area contributed by atoms with E-state index in [1.54, 1.807) is 6.92 Å². The van der Waals surface area contributed by atoms with Crippen LogP contribution in [0.4, 0.5) is 0 Å². The second-order valence-electron chi connectivity index (χ2n) is 1.95. The van der Waals surface area contributed by atoms with E-state index in [1.807, 2.05) is 0 Å². The predicted molar refractivity (Wildman–Crippen MR) is 29.7 cm³/mol. The molecule has 7 heavy (non-hydrogen) atoms. The summed E-state index contributed by atoms with van der Waals surface area (Å²) in [5.74, 6) is 0. The van der Waals surface area contributed by atoms with Crippen molar-refractivity contribution in [3.8, 4) is 0 Å². The minimum absolute atomic E-state index is 0.288. The van der Waals surface area contributed by atoms with Gasteiger partial charge in [0.05, 0.1) is 5.60 Å². The molecule has 0 bridgehead atoms. The highest BCUT2D eigenvalue weighted by molar-refractivity contribution is 4.73. The minimum atomic E-state index is -0.750. The van der Waals surface area contributed by atoms with Gasteiger partial charge in [0.1, 0.15) is 0 Å². The van der Waals surface area contributed by atoms with Crippen molar-refractivity contribution in [3.05, 3.63) is 6.92 Å². The molecule has 0 amide bonds. The van der Waals surface area contributed by atoms with Crippen LogP contribution >= 0.6 is 0 Å². The summed E-state index contributed by atoms with van der Waals surface area (Å²) in [5.41, 5.74) is 4.38. The quantitative estimate of drug-likeness (QED) is 0.512. The zero-order valence-corrected chi connectivity index (χ0v) is 4.65. The van der Waals surface area contributed by atoms with Crippen LogP contribution in [0.5, 0.6) is 0 Å². The molecule has 3 N–H and O–H groups in total. The molecule has 0 aromatic carbocycles. The topological polar surface area (TPSA) is 46.2 Å². The Bertz CT molecular complexity index is 46.0. The maximum atomic E-state index is 8.94. The van der Waals surface area contributed by atoms with Gasteiger partial charge in [-0.05, 0) is 13.3 Å². The first-order valence-electron chi connectivity index (χ1n) is 2.34. The van der Waals surface area contributed by atoms with Gasteiger partial charge >= 0.3 is 0 Å². The fourth-order valence-corrected chi connectivity index (χ4v) is 0.102. The lowest BCUT2D eigenvalue weighted by Crippen LogP contribution is -2.32. The third kappa shape index (κ3) is 2.60. The van der Waals surface area contributed by atoms with Crippen LogP contribution in [-0.2, 0) is 0 Å². The van der Waals surface area contributed by atoms with Crippen LogP contribution < -0.4 is 5.73 Å². The largest absolute Gasteiger partial charge is 0.389 e. The van der Waals surface area contributed by atoms with E-state index in [1.165, 1.54) is 0 Å². The Hall–Kier alpha value is -0.0800. The first kappa shape index (κ1) is 6.92. The Kier molecular flexibility index (Phi) is 2.26. The third-order valence-electron chi connectivity index (χ3n) is 0.978. The van der Waals surface area contributed by atoms with Gasteiger partial charge in [-0.15, -0.1) is 0 Å². The summed E-state index contributed by atoms with van der Waals surface area (Å²) in [6.07, 6.45) is 0.476. The van der Waals surface area contributed by atoms with Gasteiger partial charge in [-0.25, -0.2) is 0 Å². The summed E-state index contributed by atoms with van der Waals surface area (Å²) in [6.45, 7) is 5.45. The summed E-state index contributed by atoms with van der Waals surface area (Å²) in [7, 11) is 0. The van der Waals surface area contributed by atoms with E-state index in [9.17, 15) is 0 Å². The van der Waals surface area contributed by atoms with Crippen LogP contribution in [0.3, 0.4) is 0 Å². The van der Waals surface area contributed by atoms with E-state index >= 15 is 0 Å². The molecule has 0 spiro atoms. The van der Waals surface area contributed by atoms with Crippen molar-refractivity contribution in [2.75, 3.05) is 6.54 Å². The molecule has 1 unspecified atom stereocenters. The van der Waals surface area contributed by atoms with Crippen molar-refractivity contribution in [2.24, 2.45) is 5.73 Å². The van der Waals surface area contributed by atoms with Crippen molar-refractivity contribution in [3.63, 3.8) is 0 Å². The predicted octanol–water partition coefficient (Wildman–Crippen LogP) is -0.0797. The highest BCUT2D eigenvalue weighted by Gasteiger charge is 2.12. The SMILES string of the molecule is [CH2]CC(C)(O)CN. The monoisotopic (exact) mass is 102 g/mol. The van der Waals surface area contributed by atoms with Crippen LogP contribution in [0, 0.1) is 6.92 Å². The Morgan fingerprint density at radius 2 is 2.29 bits per heavy atom. The van der Waals surface area contributed by atoms with Gasteiger partial charge in [0.15, 0.2) is 0 Å². The van der Waals surface area contributed by atoms with Crippen molar-refractivity contribution >= 4 is 0 Å². The van der Waals surface area contributed by atoms with Gasteiger partial charge in [0.2, 0.25) is 0 Å². The van der Waals surface area contributed by atoms with Gasteiger partial charge in [-0.2, -0.15) is 0 Å². The van der Waals surface area contributed by atoms with Crippen LogP contribution in [0.1, 0.15) is 13.3 Å². The molecule has 0 aliphatic heterocycles. The number of hydrogen-bond acceptors (Lipinski definition) is 2. The highest BCUT2D eigenvalue weighted by Crippen LogP contribution is 2.02. The average molecular weight is 102 g/mol. The van der Waals surface area contributed by atoms with Crippen molar-refractivity contribution in [1.82, 2.24) is 0 Å². The van der Waals surface area contributed by atoms with Gasteiger partial charge in [0.25, 0.3) is 0 Å². The molecular formula is C5H12NO. The molecule has 1 radical (unpaired) electrons. The van der Waals surface area contributed by atoms with E-state index in [4.69, 9.17) is 10.8 Å². The number of rotatable bonds is 2. The first-order chi connectivity index (χ1) is 3.12. The van der Waals surface area contributed by atoms with Crippen LogP contribution in [0.15, 0.2) is 0 Å². The minimum Gasteiger partial charge on any atom is -0.389 e. The molecule has 0 heterocycles. The summed E-state index contributed by atoms with van der Waals surface area (Å²) < 4.78 is 0. The summed E-state index contributed by atoms with van der Waals surface area (Å²) in [5, 5.41) is 8.94. The highest BCUT2D eigenvalue weighted by atomic mass is 16.3. The molecule has 0 rings (SSSR count). The molecule has 0 aromatic rings. The maximum absolute atomic E-state index is 8.94. The van der Waals surface area contributed by atoms with Crippen molar-refractivity contribution in [1.29, 1.82) is 0 Å². The molecule has 0 aromatic heterocycles. The normalized spacial score (nSPS) is 18.9. The lowest BCUT2D eigenvalue weighted by molar-refractivity contribution is 0.0718. The molecule has 43 valence electrons. The van der Waals surface area contributed by atoms with Crippen LogP contribution in [0.2, 0.25) is 0 Å². The molecule has 2 heteroatoms. The van der Waals surface area contributed by atoms with Gasteiger partial charge < -0.3 is 10.8 Å². The van der Waals surface area contributed by atoms with E-state index in [0.29, 0.717) is 6.42 Å². The second kappa shape index (κ2) is 2.28. The maximum Gasteiger partial charge on any atom is 0.0741 e. The fourth-order valence-electron chi connectivity index (χ4n) is 0.102. The second-order valence-corrected chi connectivity index (χ2v) is 1.95. The Morgan fingerprint density at radius 1 is 1.86 bits per heavy atom. The molecule has 1 atom stereocenters. The van der Waals surface area contributed by atoms with Crippen molar-refractivity contribution < 1.29 is 5.11 Å². The van der Waals surface area contributed by atoms with Crippen LogP contribution in [0.25, 0.3) is 0 Å². The van der Waals surface area contributed by atoms with E-state index in [-0.39, 0.29) is 6.54 Å². The molecular weight excluding hydrogens is 90.1 g/mol. The Labute approximate surface area is 44.3 Å². The Morgan fingerprint density at radius 3 is 2.29 bits per heavy atom. The number of nitrogens with two attached hydrogens (primary N) is 1. The average Bonchev–Trinajstić information content (AvgIpc) is 1.68. The lowest BCUT2D eigenvalue weighted by Gasteiger charge is -2.16. The lowest BCUT2D eigenvalue weighted by atomic mass is 10.1. The molecule has 0 fully saturated rings. The van der Waals surface area contributed by atoms with Gasteiger partial charge in [0, 0.05) is 6.54 Å². The molecule has 0 saturated carbocycles. The van der Waals surface area contributed by atoms with E-state index in [0.717, 1.165) is 0 Å². The van der Waals surface area contributed by atoms with Crippen LogP contribution in [-0.4, -0.2) is 17.3 Å². The summed E-state index contributed by atoms with van der Waals surface area (Å²) in [4.78, 5) is 0. The smallest absolute Gasteiger partial charge is 0.0741 e. The molecule has 0 saturated heterocycles. The first-order valence-corrected chi connectivity index (χ1v) is 2.34. The molecule has 0 aliphatic rings. The van der Waals surface area contributed by atoms with Gasteiger partial charge in [-0.3, -0.25) is 0 Å². The van der Waals surface area contributed by atoms with Crippen molar-refractivity contribution in [2.45, 2.75) is 18.9 Å². The summed E-state index contributed by atoms with van der Waals surface area (Å²) in [6, 6.07) is 0. The van der Waals surface area contributed by atoms with Gasteiger partial charge in [-0.1, -0.05) is 6.92 Å². The third-order valence-corrected chi connectivity index (χ3v) is 0.978. The zero-order valence-electron chi connectivity index (χ0n) is 4.65.